The van der Waals surface area contributed by atoms with Crippen molar-refractivity contribution < 1.29 is 9.53 Å². The Labute approximate surface area is 135 Å². The number of carbonyl (C=O) groups excluding carboxylic acids is 1. The molecule has 0 aliphatic carbocycles. The molecular formula is C15H20Cl2N2O2. The molecule has 2 rings (SSSR count). The van der Waals surface area contributed by atoms with Gasteiger partial charge in [0.25, 0.3) is 0 Å². The molecule has 0 unspecified atom stereocenters. The summed E-state index contributed by atoms with van der Waals surface area (Å²) in [6.45, 7) is 1.91. The van der Waals surface area contributed by atoms with Crippen molar-refractivity contribution in [1.29, 1.82) is 0 Å². The molecule has 0 aromatic heterocycles. The third-order valence-corrected chi connectivity index (χ3v) is 4.94. The molecule has 2 N–H and O–H groups in total. The fourth-order valence-corrected chi connectivity index (χ4v) is 3.05. The van der Waals surface area contributed by atoms with Gasteiger partial charge in [-0.15, -0.1) is 0 Å². The van der Waals surface area contributed by atoms with E-state index >= 15 is 0 Å². The van der Waals surface area contributed by atoms with Crippen LogP contribution < -0.4 is 5.73 Å². The monoisotopic (exact) mass is 330 g/mol. The first kappa shape index (κ1) is 16.6. The molecule has 1 aromatic carbocycles. The Bertz CT molecular complexity index is 516. The summed E-state index contributed by atoms with van der Waals surface area (Å²) in [7, 11) is 1.77. The molecule has 1 saturated heterocycles. The van der Waals surface area contributed by atoms with E-state index in [2.05, 4.69) is 0 Å². The first-order valence-electron chi connectivity index (χ1n) is 6.96. The summed E-state index contributed by atoms with van der Waals surface area (Å²) >= 11 is 12.2. The molecular weight excluding hydrogens is 311 g/mol. The van der Waals surface area contributed by atoms with E-state index in [9.17, 15) is 4.79 Å². The van der Waals surface area contributed by atoms with Gasteiger partial charge in [0.1, 0.15) is 0 Å². The lowest BCUT2D eigenvalue weighted by Gasteiger charge is -2.37. The molecule has 0 spiro atoms. The Morgan fingerprint density at radius 2 is 2.05 bits per heavy atom. The van der Waals surface area contributed by atoms with Crippen LogP contribution in [0, 0.1) is 5.41 Å². The van der Waals surface area contributed by atoms with Crippen LogP contribution in [-0.2, 0) is 16.1 Å². The van der Waals surface area contributed by atoms with Crippen LogP contribution in [-0.4, -0.2) is 37.6 Å². The average molecular weight is 331 g/mol. The quantitative estimate of drug-likeness (QED) is 0.923. The average Bonchev–Trinajstić information content (AvgIpc) is 2.51. The number of benzene rings is 1. The van der Waals surface area contributed by atoms with Crippen molar-refractivity contribution in [2.24, 2.45) is 11.1 Å². The van der Waals surface area contributed by atoms with Crippen molar-refractivity contribution in [3.63, 3.8) is 0 Å². The van der Waals surface area contributed by atoms with Gasteiger partial charge in [-0.25, -0.2) is 0 Å². The van der Waals surface area contributed by atoms with Crippen LogP contribution in [0.2, 0.25) is 10.0 Å². The van der Waals surface area contributed by atoms with Gasteiger partial charge < -0.3 is 15.4 Å². The number of amides is 1. The van der Waals surface area contributed by atoms with Gasteiger partial charge in [-0.1, -0.05) is 35.3 Å². The van der Waals surface area contributed by atoms with E-state index in [1.54, 1.807) is 18.0 Å². The smallest absolute Gasteiger partial charge is 0.230 e. The summed E-state index contributed by atoms with van der Waals surface area (Å²) in [6.07, 6.45) is 1.33. The number of halogens is 2. The van der Waals surface area contributed by atoms with Crippen molar-refractivity contribution in [1.82, 2.24) is 4.90 Å². The minimum absolute atomic E-state index is 0.0457. The van der Waals surface area contributed by atoms with Crippen molar-refractivity contribution in [3.8, 4) is 0 Å². The van der Waals surface area contributed by atoms with Gasteiger partial charge in [0.05, 0.1) is 15.5 Å². The van der Waals surface area contributed by atoms with Crippen molar-refractivity contribution in [2.45, 2.75) is 19.4 Å². The Balaban J connectivity index is 2.13. The lowest BCUT2D eigenvalue weighted by molar-refractivity contribution is -0.146. The highest BCUT2D eigenvalue weighted by atomic mass is 35.5. The number of rotatable bonds is 4. The molecule has 116 valence electrons. The summed E-state index contributed by atoms with van der Waals surface area (Å²) in [5, 5.41) is 0.988. The molecule has 6 heteroatoms. The summed E-state index contributed by atoms with van der Waals surface area (Å²) in [5.74, 6) is 0.0457. The predicted octanol–water partition coefficient (Wildman–Crippen LogP) is 2.71. The maximum Gasteiger partial charge on any atom is 0.230 e. The van der Waals surface area contributed by atoms with Gasteiger partial charge in [0.2, 0.25) is 5.91 Å². The van der Waals surface area contributed by atoms with Gasteiger partial charge in [-0.3, -0.25) is 4.79 Å². The molecule has 0 saturated carbocycles. The number of nitrogens with two attached hydrogens (primary N) is 1. The molecule has 0 atom stereocenters. The number of carbonyl (C=O) groups is 1. The van der Waals surface area contributed by atoms with Crippen molar-refractivity contribution in [3.05, 3.63) is 33.8 Å². The van der Waals surface area contributed by atoms with E-state index in [-0.39, 0.29) is 5.91 Å². The van der Waals surface area contributed by atoms with Crippen LogP contribution in [0.5, 0.6) is 0 Å². The van der Waals surface area contributed by atoms with Crippen LogP contribution in [0.4, 0.5) is 0 Å². The molecule has 4 nitrogen and oxygen atoms in total. The van der Waals surface area contributed by atoms with Gasteiger partial charge in [0.15, 0.2) is 0 Å². The normalized spacial score (nSPS) is 17.5. The second kappa shape index (κ2) is 6.97. The molecule has 1 fully saturated rings. The molecule has 1 aromatic rings. The highest BCUT2D eigenvalue weighted by molar-refractivity contribution is 6.42. The maximum absolute atomic E-state index is 12.8. The predicted molar refractivity (Wildman–Crippen MR) is 84.5 cm³/mol. The first-order valence-corrected chi connectivity index (χ1v) is 7.72. The van der Waals surface area contributed by atoms with E-state index in [1.165, 1.54) is 0 Å². The lowest BCUT2D eigenvalue weighted by atomic mass is 9.79. The fourth-order valence-electron chi connectivity index (χ4n) is 2.67. The fraction of sp³-hybridized carbons (Fsp3) is 0.533. The highest BCUT2D eigenvalue weighted by Crippen LogP contribution is 2.33. The van der Waals surface area contributed by atoms with E-state index < -0.39 is 5.41 Å². The molecule has 0 radical (unpaired) electrons. The zero-order valence-electron chi connectivity index (χ0n) is 12.1. The minimum Gasteiger partial charge on any atom is -0.381 e. The number of hydrogen-bond donors (Lipinski definition) is 1. The lowest BCUT2D eigenvalue weighted by Crippen LogP contribution is -2.49. The second-order valence-corrected chi connectivity index (χ2v) is 6.26. The van der Waals surface area contributed by atoms with Gasteiger partial charge in [-0.2, -0.15) is 0 Å². The van der Waals surface area contributed by atoms with Crippen LogP contribution in [0.15, 0.2) is 18.2 Å². The first-order chi connectivity index (χ1) is 10.00. The zero-order chi connectivity index (χ0) is 15.5. The number of hydrogen-bond acceptors (Lipinski definition) is 3. The minimum atomic E-state index is -0.516. The standard InChI is InChI=1S/C15H20Cl2N2O2/c1-19(9-11-3-2-4-12(16)13(11)17)14(20)15(10-18)5-7-21-8-6-15/h2-4H,5-10,18H2,1H3. The summed E-state index contributed by atoms with van der Waals surface area (Å²) in [4.78, 5) is 14.4. The van der Waals surface area contributed by atoms with E-state index in [4.69, 9.17) is 33.7 Å². The zero-order valence-corrected chi connectivity index (χ0v) is 13.6. The summed E-state index contributed by atoms with van der Waals surface area (Å²) in [6, 6.07) is 5.43. The second-order valence-electron chi connectivity index (χ2n) is 5.47. The highest BCUT2D eigenvalue weighted by Gasteiger charge is 2.40. The number of nitrogens with zero attached hydrogens (tertiary/aromatic N) is 1. The summed E-state index contributed by atoms with van der Waals surface area (Å²) < 4.78 is 5.34. The van der Waals surface area contributed by atoms with Gasteiger partial charge in [-0.05, 0) is 24.5 Å². The van der Waals surface area contributed by atoms with Gasteiger partial charge in [0, 0.05) is 33.4 Å². The molecule has 0 bridgehead atoms. The maximum atomic E-state index is 12.8. The Hall–Kier alpha value is -0.810. The topological polar surface area (TPSA) is 55.6 Å². The SMILES string of the molecule is CN(Cc1cccc(Cl)c1Cl)C(=O)C1(CN)CCOCC1. The van der Waals surface area contributed by atoms with E-state index in [0.29, 0.717) is 49.2 Å². The largest absolute Gasteiger partial charge is 0.381 e. The van der Waals surface area contributed by atoms with Crippen LogP contribution >= 0.6 is 23.2 Å². The van der Waals surface area contributed by atoms with Crippen LogP contribution in [0.1, 0.15) is 18.4 Å². The molecule has 1 heterocycles. The third kappa shape index (κ3) is 3.51. The van der Waals surface area contributed by atoms with Crippen LogP contribution in [0.25, 0.3) is 0 Å². The third-order valence-electron chi connectivity index (χ3n) is 4.08. The summed E-state index contributed by atoms with van der Waals surface area (Å²) in [5.41, 5.74) is 6.19. The molecule has 21 heavy (non-hydrogen) atoms. The molecule has 1 amide bonds. The van der Waals surface area contributed by atoms with Crippen LogP contribution in [0.3, 0.4) is 0 Å². The Morgan fingerprint density at radius 3 is 2.67 bits per heavy atom. The molecule has 1 aliphatic rings. The Kier molecular flexibility index (Phi) is 5.49. The van der Waals surface area contributed by atoms with Crippen molar-refractivity contribution >= 4 is 29.1 Å². The van der Waals surface area contributed by atoms with Crippen molar-refractivity contribution in [2.75, 3.05) is 26.8 Å². The van der Waals surface area contributed by atoms with E-state index in [1.807, 2.05) is 12.1 Å². The Morgan fingerprint density at radius 1 is 1.38 bits per heavy atom. The van der Waals surface area contributed by atoms with E-state index in [0.717, 1.165) is 5.56 Å². The molecule has 1 aliphatic heterocycles. The number of ether oxygens (including phenoxy) is 1. The van der Waals surface area contributed by atoms with Gasteiger partial charge >= 0.3 is 0 Å².